The Morgan fingerprint density at radius 1 is 1.15 bits per heavy atom. The molecular weight excluding hydrogens is 384 g/mol. The summed E-state index contributed by atoms with van der Waals surface area (Å²) in [7, 11) is -3.77. The molecule has 1 aliphatic rings. The summed E-state index contributed by atoms with van der Waals surface area (Å²) < 4.78 is 27.5. The molecule has 1 fully saturated rings. The topological polar surface area (TPSA) is 66.5 Å². The van der Waals surface area contributed by atoms with Gasteiger partial charge in [-0.3, -0.25) is 4.79 Å². The summed E-state index contributed by atoms with van der Waals surface area (Å²) in [5.74, 6) is -0.284. The van der Waals surface area contributed by atoms with Gasteiger partial charge in [0.1, 0.15) is 6.04 Å². The molecule has 1 N–H and O–H groups in total. The first-order valence-electron chi connectivity index (χ1n) is 9.09. The number of carbonyl (C=O) groups excluding carboxylic acids is 1. The third kappa shape index (κ3) is 4.34. The highest BCUT2D eigenvalue weighted by Crippen LogP contribution is 2.27. The number of sulfonamides is 1. The van der Waals surface area contributed by atoms with Crippen molar-refractivity contribution in [1.82, 2.24) is 4.31 Å². The molecule has 1 saturated heterocycles. The number of amides is 1. The predicted molar refractivity (Wildman–Crippen MR) is 107 cm³/mol. The number of anilines is 1. The van der Waals surface area contributed by atoms with E-state index in [0.29, 0.717) is 18.0 Å². The van der Waals surface area contributed by atoms with Gasteiger partial charge in [0, 0.05) is 17.3 Å². The number of hydrogen-bond acceptors (Lipinski definition) is 3. The average molecular weight is 407 g/mol. The van der Waals surface area contributed by atoms with Crippen LogP contribution in [-0.2, 0) is 21.2 Å². The number of aryl methyl sites for hydroxylation is 1. The van der Waals surface area contributed by atoms with Crippen molar-refractivity contribution in [2.45, 2.75) is 43.5 Å². The van der Waals surface area contributed by atoms with E-state index in [-0.39, 0.29) is 10.8 Å². The minimum atomic E-state index is -3.77. The fraction of sp³-hybridized carbons (Fsp3) is 0.350. The van der Waals surface area contributed by atoms with Gasteiger partial charge in [-0.1, -0.05) is 43.1 Å². The number of benzene rings is 2. The monoisotopic (exact) mass is 406 g/mol. The Labute approximate surface area is 165 Å². The van der Waals surface area contributed by atoms with Crippen molar-refractivity contribution < 1.29 is 13.2 Å². The lowest BCUT2D eigenvalue weighted by Crippen LogP contribution is -2.49. The summed E-state index contributed by atoms with van der Waals surface area (Å²) >= 11 is 5.87. The third-order valence-electron chi connectivity index (χ3n) is 4.83. The normalized spacial score (nSPS) is 18.2. The maximum Gasteiger partial charge on any atom is 0.243 e. The minimum absolute atomic E-state index is 0.153. The molecule has 1 atom stereocenters. The van der Waals surface area contributed by atoms with Gasteiger partial charge >= 0.3 is 0 Å². The minimum Gasteiger partial charge on any atom is -0.324 e. The van der Waals surface area contributed by atoms with Crippen LogP contribution < -0.4 is 5.32 Å². The molecule has 0 aromatic heterocycles. The number of piperidine rings is 1. The first kappa shape index (κ1) is 19.9. The standard InChI is InChI=1S/C20H23ClN2O3S/c1-2-15-7-3-4-8-18(15)22-20(24)19-9-5-6-14-23(19)27(25,26)17-12-10-16(21)11-13-17/h3-4,7-8,10-13,19H,2,5-6,9,14H2,1H3,(H,22,24)/t19-/m0/s1. The highest BCUT2D eigenvalue weighted by Gasteiger charge is 2.37. The summed E-state index contributed by atoms with van der Waals surface area (Å²) in [5, 5.41) is 3.40. The van der Waals surface area contributed by atoms with E-state index in [1.165, 1.54) is 16.4 Å². The molecule has 0 spiro atoms. The second kappa shape index (κ2) is 8.42. The molecule has 1 aliphatic heterocycles. The third-order valence-corrected chi connectivity index (χ3v) is 7.01. The van der Waals surface area contributed by atoms with Crippen molar-refractivity contribution >= 4 is 33.2 Å². The first-order valence-corrected chi connectivity index (χ1v) is 10.9. The molecule has 2 aromatic carbocycles. The zero-order chi connectivity index (χ0) is 19.4. The van der Waals surface area contributed by atoms with E-state index in [4.69, 9.17) is 11.6 Å². The van der Waals surface area contributed by atoms with Crippen molar-refractivity contribution in [2.75, 3.05) is 11.9 Å². The average Bonchev–Trinajstić information content (AvgIpc) is 2.68. The first-order chi connectivity index (χ1) is 12.9. The van der Waals surface area contributed by atoms with E-state index in [1.54, 1.807) is 12.1 Å². The number of halogens is 1. The summed E-state index contributed by atoms with van der Waals surface area (Å²) in [5.41, 5.74) is 1.76. The molecular formula is C20H23ClN2O3S. The maximum absolute atomic E-state index is 13.1. The van der Waals surface area contributed by atoms with Crippen LogP contribution in [0.5, 0.6) is 0 Å². The number of nitrogens with one attached hydrogen (secondary N) is 1. The Kier molecular flexibility index (Phi) is 6.19. The lowest BCUT2D eigenvalue weighted by atomic mass is 10.0. The number of carbonyl (C=O) groups is 1. The second-order valence-electron chi connectivity index (χ2n) is 6.58. The highest BCUT2D eigenvalue weighted by atomic mass is 35.5. The summed E-state index contributed by atoms with van der Waals surface area (Å²) in [6.07, 6.45) is 2.85. The van der Waals surface area contributed by atoms with E-state index < -0.39 is 16.1 Å². The second-order valence-corrected chi connectivity index (χ2v) is 8.91. The molecule has 0 bridgehead atoms. The molecule has 1 amide bonds. The number of nitrogens with zero attached hydrogens (tertiary/aromatic N) is 1. The van der Waals surface area contributed by atoms with Crippen LogP contribution in [0.4, 0.5) is 5.69 Å². The van der Waals surface area contributed by atoms with Gasteiger partial charge in [0.05, 0.1) is 4.90 Å². The molecule has 1 heterocycles. The smallest absolute Gasteiger partial charge is 0.243 e. The zero-order valence-corrected chi connectivity index (χ0v) is 16.8. The summed E-state index contributed by atoms with van der Waals surface area (Å²) in [6.45, 7) is 2.35. The largest absolute Gasteiger partial charge is 0.324 e. The van der Waals surface area contributed by atoms with Crippen LogP contribution in [0.15, 0.2) is 53.4 Å². The van der Waals surface area contributed by atoms with Crippen LogP contribution in [0.3, 0.4) is 0 Å². The van der Waals surface area contributed by atoms with Crippen molar-refractivity contribution in [2.24, 2.45) is 0 Å². The van der Waals surface area contributed by atoms with Crippen LogP contribution in [0.25, 0.3) is 0 Å². The van der Waals surface area contributed by atoms with Gasteiger partial charge in [0.25, 0.3) is 0 Å². The Morgan fingerprint density at radius 2 is 1.85 bits per heavy atom. The number of hydrogen-bond donors (Lipinski definition) is 1. The molecule has 7 heteroatoms. The van der Waals surface area contributed by atoms with Crippen molar-refractivity contribution in [3.05, 3.63) is 59.1 Å². The summed E-state index contributed by atoms with van der Waals surface area (Å²) in [6, 6.07) is 12.9. The Balaban J connectivity index is 1.86. The zero-order valence-electron chi connectivity index (χ0n) is 15.2. The SMILES string of the molecule is CCc1ccccc1NC(=O)[C@@H]1CCCCN1S(=O)(=O)c1ccc(Cl)cc1. The highest BCUT2D eigenvalue weighted by molar-refractivity contribution is 7.89. The fourth-order valence-corrected chi connectivity index (χ4v) is 5.15. The molecule has 5 nitrogen and oxygen atoms in total. The molecule has 0 aliphatic carbocycles. The van der Waals surface area contributed by atoms with E-state index in [1.807, 2.05) is 31.2 Å². The molecule has 3 rings (SSSR count). The van der Waals surface area contributed by atoms with Gasteiger partial charge < -0.3 is 5.32 Å². The molecule has 0 radical (unpaired) electrons. The quantitative estimate of drug-likeness (QED) is 0.813. The van der Waals surface area contributed by atoms with E-state index in [0.717, 1.165) is 30.5 Å². The Hall–Kier alpha value is -1.89. The van der Waals surface area contributed by atoms with Crippen LogP contribution >= 0.6 is 11.6 Å². The van der Waals surface area contributed by atoms with Gasteiger partial charge in [-0.05, 0) is 55.2 Å². The lowest BCUT2D eigenvalue weighted by Gasteiger charge is -2.33. The van der Waals surface area contributed by atoms with Gasteiger partial charge in [-0.2, -0.15) is 4.31 Å². The van der Waals surface area contributed by atoms with Crippen molar-refractivity contribution in [1.29, 1.82) is 0 Å². The predicted octanol–water partition coefficient (Wildman–Crippen LogP) is 4.08. The van der Waals surface area contributed by atoms with E-state index in [9.17, 15) is 13.2 Å². The lowest BCUT2D eigenvalue weighted by molar-refractivity contribution is -0.120. The summed E-state index contributed by atoms with van der Waals surface area (Å²) in [4.78, 5) is 13.1. The van der Waals surface area contributed by atoms with Crippen molar-refractivity contribution in [3.63, 3.8) is 0 Å². The molecule has 2 aromatic rings. The molecule has 0 saturated carbocycles. The molecule has 0 unspecified atom stereocenters. The van der Waals surface area contributed by atoms with Crippen LogP contribution in [-0.4, -0.2) is 31.2 Å². The molecule has 27 heavy (non-hydrogen) atoms. The van der Waals surface area contributed by atoms with Crippen molar-refractivity contribution in [3.8, 4) is 0 Å². The van der Waals surface area contributed by atoms with Crippen LogP contribution in [0.1, 0.15) is 31.7 Å². The van der Waals surface area contributed by atoms with Crippen LogP contribution in [0.2, 0.25) is 5.02 Å². The van der Waals surface area contributed by atoms with Gasteiger partial charge in [0.2, 0.25) is 15.9 Å². The number of rotatable bonds is 5. The Bertz CT molecular complexity index is 913. The number of para-hydroxylation sites is 1. The van der Waals surface area contributed by atoms with Crippen LogP contribution in [0, 0.1) is 0 Å². The van der Waals surface area contributed by atoms with Gasteiger partial charge in [-0.15, -0.1) is 0 Å². The fourth-order valence-electron chi connectivity index (χ4n) is 3.36. The maximum atomic E-state index is 13.1. The van der Waals surface area contributed by atoms with Gasteiger partial charge in [-0.25, -0.2) is 8.42 Å². The Morgan fingerprint density at radius 3 is 2.56 bits per heavy atom. The molecule has 144 valence electrons. The van der Waals surface area contributed by atoms with Gasteiger partial charge in [0.15, 0.2) is 0 Å². The van der Waals surface area contributed by atoms with E-state index >= 15 is 0 Å². The van der Waals surface area contributed by atoms with E-state index in [2.05, 4.69) is 5.32 Å².